The average molecular weight is 476 g/mol. The number of ether oxygens (including phenoxy) is 2. The highest BCUT2D eigenvalue weighted by atomic mass is 16.6. The van der Waals surface area contributed by atoms with Gasteiger partial charge in [-0.3, -0.25) is 14.4 Å². The zero-order valence-electron chi connectivity index (χ0n) is 20.4. The number of carbonyl (C=O) groups is 3. The molecular formula is C27H41NO6. The molecule has 34 heavy (non-hydrogen) atoms. The summed E-state index contributed by atoms with van der Waals surface area (Å²) in [5.74, 6) is -2.07. The number of hydrogen-bond acceptors (Lipinski definition) is 6. The number of rotatable bonds is 20. The van der Waals surface area contributed by atoms with E-state index in [0.717, 1.165) is 38.5 Å². The van der Waals surface area contributed by atoms with Crippen LogP contribution in [0.3, 0.4) is 0 Å². The number of aliphatic carboxylic acids is 1. The van der Waals surface area contributed by atoms with Crippen molar-refractivity contribution < 1.29 is 29.0 Å². The Morgan fingerprint density at radius 1 is 0.765 bits per heavy atom. The summed E-state index contributed by atoms with van der Waals surface area (Å²) in [6, 6.07) is -0.990. The lowest BCUT2D eigenvalue weighted by Gasteiger charge is -2.10. The Hall–Kier alpha value is -2.93. The van der Waals surface area contributed by atoms with Gasteiger partial charge in [-0.05, 0) is 51.4 Å². The zero-order chi connectivity index (χ0) is 25.3. The predicted octanol–water partition coefficient (Wildman–Crippen LogP) is 5.19. The van der Waals surface area contributed by atoms with Gasteiger partial charge in [0, 0.05) is 12.8 Å². The van der Waals surface area contributed by atoms with Crippen LogP contribution in [0.5, 0.6) is 0 Å². The molecule has 0 aromatic rings. The lowest BCUT2D eigenvalue weighted by molar-refractivity contribution is -0.153. The second-order valence-electron chi connectivity index (χ2n) is 7.53. The first kappa shape index (κ1) is 31.1. The summed E-state index contributed by atoms with van der Waals surface area (Å²) in [4.78, 5) is 33.7. The van der Waals surface area contributed by atoms with Crippen molar-refractivity contribution in [1.29, 1.82) is 0 Å². The van der Waals surface area contributed by atoms with E-state index in [1.54, 1.807) is 0 Å². The van der Waals surface area contributed by atoms with E-state index in [4.69, 9.17) is 20.3 Å². The molecule has 0 fully saturated rings. The van der Waals surface area contributed by atoms with Gasteiger partial charge < -0.3 is 20.3 Å². The highest BCUT2D eigenvalue weighted by molar-refractivity contribution is 5.76. The van der Waals surface area contributed by atoms with Crippen LogP contribution in [-0.4, -0.2) is 42.3 Å². The van der Waals surface area contributed by atoms with Crippen LogP contribution in [0.2, 0.25) is 0 Å². The molecule has 0 spiro atoms. The van der Waals surface area contributed by atoms with Crippen molar-refractivity contribution in [2.45, 2.75) is 77.2 Å². The number of esters is 2. The summed E-state index contributed by atoms with van der Waals surface area (Å²) in [6.45, 7) is 1.99. The highest BCUT2D eigenvalue weighted by Crippen LogP contribution is 2.02. The Labute approximate surface area is 204 Å². The van der Waals surface area contributed by atoms with Crippen LogP contribution in [0.4, 0.5) is 0 Å². The van der Waals surface area contributed by atoms with Crippen molar-refractivity contribution in [2.24, 2.45) is 5.73 Å². The molecule has 0 radical (unpaired) electrons. The zero-order valence-corrected chi connectivity index (χ0v) is 20.4. The highest BCUT2D eigenvalue weighted by Gasteiger charge is 2.16. The van der Waals surface area contributed by atoms with Crippen molar-refractivity contribution in [3.05, 3.63) is 60.8 Å². The molecule has 1 unspecified atom stereocenters. The van der Waals surface area contributed by atoms with Crippen molar-refractivity contribution in [3.63, 3.8) is 0 Å². The summed E-state index contributed by atoms with van der Waals surface area (Å²) in [5.41, 5.74) is 5.52. The Bertz CT molecular complexity index is 706. The molecular weight excluding hydrogens is 434 g/mol. The third-order valence-corrected chi connectivity index (χ3v) is 4.47. The third kappa shape index (κ3) is 22.3. The fraction of sp³-hybridized carbons (Fsp3) is 0.519. The SMILES string of the molecule is CC/C=C\C/C=C\C/C=C\C/C=C\C/C=C\CCCC(=O)OCCOC(=O)C(N)CCC(=O)O. The normalized spacial score (nSPS) is 13.0. The molecule has 190 valence electrons. The van der Waals surface area contributed by atoms with Gasteiger partial charge >= 0.3 is 17.9 Å². The summed E-state index contributed by atoms with van der Waals surface area (Å²) in [7, 11) is 0. The van der Waals surface area contributed by atoms with Crippen molar-refractivity contribution in [1.82, 2.24) is 0 Å². The Balaban J connectivity index is 3.63. The summed E-state index contributed by atoms with van der Waals surface area (Å²) < 4.78 is 9.86. The molecule has 0 aliphatic rings. The lowest BCUT2D eigenvalue weighted by atomic mass is 10.2. The Morgan fingerprint density at radius 2 is 1.26 bits per heavy atom. The maximum atomic E-state index is 11.7. The summed E-state index contributed by atoms with van der Waals surface area (Å²) in [5, 5.41) is 8.56. The van der Waals surface area contributed by atoms with Crippen LogP contribution in [0.15, 0.2) is 60.8 Å². The van der Waals surface area contributed by atoms with Gasteiger partial charge in [-0.1, -0.05) is 67.7 Å². The molecule has 0 bridgehead atoms. The van der Waals surface area contributed by atoms with Gasteiger partial charge in [0.05, 0.1) is 0 Å². The first-order valence-corrected chi connectivity index (χ1v) is 12.0. The number of nitrogens with two attached hydrogens (primary N) is 1. The Kier molecular flexibility index (Phi) is 21.2. The van der Waals surface area contributed by atoms with Crippen LogP contribution in [-0.2, 0) is 23.9 Å². The van der Waals surface area contributed by atoms with E-state index in [1.165, 1.54) is 0 Å². The predicted molar refractivity (Wildman–Crippen MR) is 135 cm³/mol. The summed E-state index contributed by atoms with van der Waals surface area (Å²) in [6.07, 6.45) is 27.8. The molecule has 0 amide bonds. The van der Waals surface area contributed by atoms with Gasteiger partial charge in [-0.2, -0.15) is 0 Å². The smallest absolute Gasteiger partial charge is 0.323 e. The summed E-state index contributed by atoms with van der Waals surface area (Å²) >= 11 is 0. The van der Waals surface area contributed by atoms with Crippen LogP contribution < -0.4 is 5.73 Å². The molecule has 7 heteroatoms. The quantitative estimate of drug-likeness (QED) is 0.141. The molecule has 0 aromatic heterocycles. The van der Waals surface area contributed by atoms with E-state index in [9.17, 15) is 14.4 Å². The van der Waals surface area contributed by atoms with Crippen LogP contribution in [0, 0.1) is 0 Å². The van der Waals surface area contributed by atoms with Crippen LogP contribution >= 0.6 is 0 Å². The van der Waals surface area contributed by atoms with Gasteiger partial charge in [0.25, 0.3) is 0 Å². The van der Waals surface area contributed by atoms with Gasteiger partial charge in [-0.25, -0.2) is 0 Å². The van der Waals surface area contributed by atoms with E-state index in [0.29, 0.717) is 12.8 Å². The molecule has 7 nitrogen and oxygen atoms in total. The maximum Gasteiger partial charge on any atom is 0.323 e. The minimum absolute atomic E-state index is 0.00372. The van der Waals surface area contributed by atoms with Crippen LogP contribution in [0.1, 0.15) is 71.1 Å². The second-order valence-corrected chi connectivity index (χ2v) is 7.53. The van der Waals surface area contributed by atoms with Crippen molar-refractivity contribution in [3.8, 4) is 0 Å². The standard InChI is InChI=1S/C27H41NO6/c1-2-3-4-5-6-7-8-9-10-11-12-13-14-15-16-17-18-19-26(31)33-22-23-34-27(32)24(28)20-21-25(29)30/h3-4,6-7,9-10,12-13,15-16,24H,2,5,8,11,14,17-23,28H2,1H3,(H,29,30)/b4-3-,7-6-,10-9-,13-12-,16-15-. The number of unbranched alkanes of at least 4 members (excludes halogenated alkanes) is 1. The first-order chi connectivity index (χ1) is 16.5. The van der Waals surface area contributed by atoms with Crippen molar-refractivity contribution in [2.75, 3.05) is 13.2 Å². The maximum absolute atomic E-state index is 11.7. The molecule has 0 heterocycles. The molecule has 3 N–H and O–H groups in total. The second kappa shape index (κ2) is 23.2. The van der Waals surface area contributed by atoms with E-state index in [-0.39, 0.29) is 32.0 Å². The van der Waals surface area contributed by atoms with Gasteiger partial charge in [0.2, 0.25) is 0 Å². The lowest BCUT2D eigenvalue weighted by Crippen LogP contribution is -2.33. The molecule has 0 saturated heterocycles. The molecule has 0 rings (SSSR count). The number of carboxylic acid groups (broad SMARTS) is 1. The topological polar surface area (TPSA) is 116 Å². The fourth-order valence-electron chi connectivity index (χ4n) is 2.61. The number of carboxylic acids is 1. The van der Waals surface area contributed by atoms with E-state index >= 15 is 0 Å². The molecule has 0 aliphatic carbocycles. The van der Waals surface area contributed by atoms with Crippen molar-refractivity contribution >= 4 is 17.9 Å². The minimum atomic E-state index is -1.03. The first-order valence-electron chi connectivity index (χ1n) is 12.0. The van der Waals surface area contributed by atoms with Gasteiger partial charge in [0.1, 0.15) is 19.3 Å². The molecule has 1 atom stereocenters. The largest absolute Gasteiger partial charge is 0.481 e. The molecule has 0 aliphatic heterocycles. The molecule has 0 aromatic carbocycles. The molecule has 0 saturated carbocycles. The number of allylic oxidation sites excluding steroid dienone is 10. The number of hydrogen-bond donors (Lipinski definition) is 2. The van der Waals surface area contributed by atoms with Gasteiger partial charge in [0.15, 0.2) is 0 Å². The van der Waals surface area contributed by atoms with E-state index in [1.807, 2.05) is 6.08 Å². The van der Waals surface area contributed by atoms with E-state index < -0.39 is 18.0 Å². The number of carbonyl (C=O) groups excluding carboxylic acids is 2. The average Bonchev–Trinajstić information content (AvgIpc) is 2.82. The third-order valence-electron chi connectivity index (χ3n) is 4.47. The Morgan fingerprint density at radius 3 is 1.79 bits per heavy atom. The van der Waals surface area contributed by atoms with Crippen LogP contribution in [0.25, 0.3) is 0 Å². The fourth-order valence-corrected chi connectivity index (χ4v) is 2.61. The monoisotopic (exact) mass is 475 g/mol. The van der Waals surface area contributed by atoms with Gasteiger partial charge in [-0.15, -0.1) is 0 Å². The van der Waals surface area contributed by atoms with E-state index in [2.05, 4.69) is 61.6 Å². The minimum Gasteiger partial charge on any atom is -0.481 e.